The summed E-state index contributed by atoms with van der Waals surface area (Å²) in [6, 6.07) is -0.228. The fourth-order valence-corrected chi connectivity index (χ4v) is 1.80. The van der Waals surface area contributed by atoms with E-state index in [1.807, 2.05) is 0 Å². The maximum atomic E-state index is 9.35. The Morgan fingerprint density at radius 1 is 1.00 bits per heavy atom. The van der Waals surface area contributed by atoms with Gasteiger partial charge >= 0.3 is 0 Å². The zero-order valence-electron chi connectivity index (χ0n) is 5.31. The molecule has 0 aromatic rings. The van der Waals surface area contributed by atoms with E-state index in [0.29, 0.717) is 0 Å². The van der Waals surface area contributed by atoms with Crippen molar-refractivity contribution in [1.29, 1.82) is 0 Å². The predicted octanol–water partition coefficient (Wildman–Crippen LogP) is -1.78. The van der Waals surface area contributed by atoms with Crippen LogP contribution in [0.3, 0.4) is 0 Å². The molecule has 2 heterocycles. The van der Waals surface area contributed by atoms with Gasteiger partial charge in [0.15, 0.2) is 0 Å². The second kappa shape index (κ2) is 1.38. The van der Waals surface area contributed by atoms with Crippen LogP contribution in [0, 0.1) is 0 Å². The first kappa shape index (κ1) is 5.49. The van der Waals surface area contributed by atoms with E-state index in [2.05, 4.69) is 0 Å². The number of aliphatic hydroxyl groups excluding tert-OH is 1. The summed E-state index contributed by atoms with van der Waals surface area (Å²) >= 11 is 0. The molecular formula is C6H9NO3. The first-order valence-electron chi connectivity index (χ1n) is 3.53. The Balaban J connectivity index is 1.89. The standard InChI is InChI=1S/C6H9NO3/c7-1-2(8)4-6(10-4)5-3(1)9-5/h1-6,8H,7H2. The molecule has 4 nitrogen and oxygen atoms in total. The largest absolute Gasteiger partial charge is 0.389 e. The van der Waals surface area contributed by atoms with Gasteiger partial charge in [-0.1, -0.05) is 0 Å². The van der Waals surface area contributed by atoms with Crippen molar-refractivity contribution in [3.63, 3.8) is 0 Å². The van der Waals surface area contributed by atoms with Crippen LogP contribution in [0.5, 0.6) is 0 Å². The summed E-state index contributed by atoms with van der Waals surface area (Å²) in [5, 5.41) is 9.35. The van der Waals surface area contributed by atoms with Gasteiger partial charge in [-0.3, -0.25) is 0 Å². The summed E-state index contributed by atoms with van der Waals surface area (Å²) in [4.78, 5) is 0. The third-order valence-electron chi connectivity index (χ3n) is 2.56. The zero-order valence-corrected chi connectivity index (χ0v) is 5.31. The van der Waals surface area contributed by atoms with Crippen LogP contribution in [0.15, 0.2) is 0 Å². The van der Waals surface area contributed by atoms with Crippen LogP contribution in [0.25, 0.3) is 0 Å². The average Bonchev–Trinajstić information content (AvgIpc) is 2.71. The molecule has 2 aliphatic heterocycles. The third-order valence-corrected chi connectivity index (χ3v) is 2.56. The number of hydrogen-bond donors (Lipinski definition) is 2. The van der Waals surface area contributed by atoms with Crippen LogP contribution in [-0.4, -0.2) is 41.7 Å². The van der Waals surface area contributed by atoms with Crippen LogP contribution in [0.4, 0.5) is 0 Å². The Bertz CT molecular complexity index is 166. The summed E-state index contributed by atoms with van der Waals surface area (Å²) in [5.41, 5.74) is 5.63. The van der Waals surface area contributed by atoms with Crippen molar-refractivity contribution in [2.24, 2.45) is 5.73 Å². The molecule has 10 heavy (non-hydrogen) atoms. The van der Waals surface area contributed by atoms with Gasteiger partial charge in [-0.15, -0.1) is 0 Å². The van der Waals surface area contributed by atoms with E-state index in [-0.39, 0.29) is 30.5 Å². The summed E-state index contributed by atoms with van der Waals surface area (Å²) in [6.07, 6.45) is -0.116. The number of rotatable bonds is 0. The molecule has 56 valence electrons. The van der Waals surface area contributed by atoms with Crippen LogP contribution in [-0.2, 0) is 9.47 Å². The Morgan fingerprint density at radius 3 is 2.40 bits per heavy atom. The van der Waals surface area contributed by atoms with E-state index >= 15 is 0 Å². The van der Waals surface area contributed by atoms with Gasteiger partial charge in [0, 0.05) is 0 Å². The van der Waals surface area contributed by atoms with Crippen LogP contribution in [0.2, 0.25) is 0 Å². The van der Waals surface area contributed by atoms with E-state index in [4.69, 9.17) is 15.2 Å². The van der Waals surface area contributed by atoms with Gasteiger partial charge in [-0.2, -0.15) is 0 Å². The Kier molecular flexibility index (Phi) is 0.757. The van der Waals surface area contributed by atoms with Crippen molar-refractivity contribution >= 4 is 0 Å². The van der Waals surface area contributed by atoms with E-state index in [0.717, 1.165) is 0 Å². The summed E-state index contributed by atoms with van der Waals surface area (Å²) in [6.45, 7) is 0. The smallest absolute Gasteiger partial charge is 0.116 e. The molecule has 0 aromatic carbocycles. The van der Waals surface area contributed by atoms with Crippen LogP contribution >= 0.6 is 0 Å². The third kappa shape index (κ3) is 0.473. The molecular weight excluding hydrogens is 134 g/mol. The van der Waals surface area contributed by atoms with Crippen molar-refractivity contribution in [3.05, 3.63) is 0 Å². The van der Waals surface area contributed by atoms with Crippen LogP contribution in [0.1, 0.15) is 0 Å². The summed E-state index contributed by atoms with van der Waals surface area (Å²) < 4.78 is 10.4. The number of nitrogens with two attached hydrogens (primary N) is 1. The maximum absolute atomic E-state index is 9.35. The lowest BCUT2D eigenvalue weighted by Gasteiger charge is -2.16. The fourth-order valence-electron chi connectivity index (χ4n) is 1.80. The molecule has 0 aromatic heterocycles. The normalized spacial score (nSPS) is 70.2. The molecule has 1 saturated carbocycles. The molecule has 6 atom stereocenters. The fraction of sp³-hybridized carbons (Fsp3) is 1.00. The van der Waals surface area contributed by atoms with Gasteiger partial charge < -0.3 is 20.3 Å². The minimum Gasteiger partial charge on any atom is -0.389 e. The van der Waals surface area contributed by atoms with Gasteiger partial charge in [0.05, 0.1) is 6.04 Å². The zero-order chi connectivity index (χ0) is 6.88. The molecule has 0 radical (unpaired) electrons. The Labute approximate surface area is 57.9 Å². The molecule has 6 unspecified atom stereocenters. The van der Waals surface area contributed by atoms with Crippen molar-refractivity contribution in [2.75, 3.05) is 0 Å². The molecule has 3 aliphatic rings. The second-order valence-electron chi connectivity index (χ2n) is 3.20. The quantitative estimate of drug-likeness (QED) is 0.393. The second-order valence-corrected chi connectivity index (χ2v) is 3.20. The Morgan fingerprint density at radius 2 is 1.60 bits per heavy atom. The predicted molar refractivity (Wildman–Crippen MR) is 31.3 cm³/mol. The molecule has 0 spiro atoms. The lowest BCUT2D eigenvalue weighted by atomic mass is 9.93. The molecule has 3 rings (SSSR count). The van der Waals surface area contributed by atoms with E-state index in [1.165, 1.54) is 0 Å². The Hall–Kier alpha value is -0.160. The summed E-state index contributed by atoms with van der Waals surface area (Å²) in [5.74, 6) is 0. The lowest BCUT2D eigenvalue weighted by Crippen LogP contribution is -2.47. The molecule has 4 heteroatoms. The number of aliphatic hydroxyl groups is 1. The maximum Gasteiger partial charge on any atom is 0.116 e. The molecule has 0 bridgehead atoms. The number of ether oxygens (including phenoxy) is 2. The SMILES string of the molecule is NC1C(O)C2OC2C2OC12. The van der Waals surface area contributed by atoms with Crippen molar-refractivity contribution in [3.8, 4) is 0 Å². The first-order valence-corrected chi connectivity index (χ1v) is 3.53. The molecule has 3 fully saturated rings. The monoisotopic (exact) mass is 143 g/mol. The van der Waals surface area contributed by atoms with Crippen molar-refractivity contribution in [1.82, 2.24) is 0 Å². The van der Waals surface area contributed by atoms with E-state index in [9.17, 15) is 5.11 Å². The summed E-state index contributed by atoms with van der Waals surface area (Å²) in [7, 11) is 0. The minimum absolute atomic E-state index is 0.0289. The van der Waals surface area contributed by atoms with Gasteiger partial charge in [0.25, 0.3) is 0 Å². The highest BCUT2D eigenvalue weighted by Crippen LogP contribution is 2.47. The molecule has 1 aliphatic carbocycles. The van der Waals surface area contributed by atoms with E-state index < -0.39 is 6.10 Å². The molecule has 3 N–H and O–H groups in total. The van der Waals surface area contributed by atoms with E-state index in [1.54, 1.807) is 0 Å². The lowest BCUT2D eigenvalue weighted by molar-refractivity contribution is 0.0974. The number of epoxide rings is 2. The highest BCUT2D eigenvalue weighted by Gasteiger charge is 2.68. The van der Waals surface area contributed by atoms with Gasteiger partial charge in [0.1, 0.15) is 30.5 Å². The highest BCUT2D eigenvalue weighted by molar-refractivity contribution is 5.17. The minimum atomic E-state index is -0.506. The molecule has 0 amide bonds. The number of hydrogen-bond acceptors (Lipinski definition) is 4. The van der Waals surface area contributed by atoms with Crippen molar-refractivity contribution in [2.45, 2.75) is 36.6 Å². The average molecular weight is 143 g/mol. The molecule has 2 saturated heterocycles. The van der Waals surface area contributed by atoms with Gasteiger partial charge in [-0.05, 0) is 0 Å². The topological polar surface area (TPSA) is 71.3 Å². The van der Waals surface area contributed by atoms with Gasteiger partial charge in [-0.25, -0.2) is 0 Å². The first-order chi connectivity index (χ1) is 4.79. The van der Waals surface area contributed by atoms with Gasteiger partial charge in [0.2, 0.25) is 0 Å². The number of fused-ring (bicyclic) bond motifs is 3. The van der Waals surface area contributed by atoms with Crippen molar-refractivity contribution < 1.29 is 14.6 Å². The van der Waals surface area contributed by atoms with Crippen LogP contribution < -0.4 is 5.73 Å². The highest BCUT2D eigenvalue weighted by atomic mass is 16.7.